The predicted molar refractivity (Wildman–Crippen MR) is 76.9 cm³/mol. The Balaban J connectivity index is 1.95. The molecule has 112 valence electrons. The molecule has 0 amide bonds. The van der Waals surface area contributed by atoms with Gasteiger partial charge in [0, 0.05) is 26.8 Å². The summed E-state index contributed by atoms with van der Waals surface area (Å²) in [5.41, 5.74) is 0. The molecule has 6 nitrogen and oxygen atoms in total. The van der Waals surface area contributed by atoms with Crippen LogP contribution in [-0.2, 0) is 10.0 Å². The van der Waals surface area contributed by atoms with E-state index in [-0.39, 0.29) is 11.0 Å². The topological polar surface area (TPSA) is 82.5 Å². The standard InChI is InChI=1S/C13H21N3O3S/c1-16(2)20(18,19)12-5-6-13(15-9-12)14-8-10-3-4-11(17)7-10/h5-6,9-11,17H,3-4,7-8H2,1-2H3,(H,14,15). The fourth-order valence-corrected chi connectivity index (χ4v) is 3.18. The number of aromatic nitrogens is 1. The summed E-state index contributed by atoms with van der Waals surface area (Å²) in [6.45, 7) is 0.754. The quantitative estimate of drug-likeness (QED) is 0.844. The average Bonchev–Trinajstić information content (AvgIpc) is 2.82. The zero-order valence-corrected chi connectivity index (χ0v) is 12.6. The molecular formula is C13H21N3O3S. The van der Waals surface area contributed by atoms with Crippen molar-refractivity contribution in [2.45, 2.75) is 30.3 Å². The van der Waals surface area contributed by atoms with Crippen LogP contribution >= 0.6 is 0 Å². The largest absolute Gasteiger partial charge is 0.393 e. The van der Waals surface area contributed by atoms with Crippen LogP contribution in [0.2, 0.25) is 0 Å². The maximum atomic E-state index is 11.9. The first-order valence-corrected chi connectivity index (χ1v) is 8.14. The number of rotatable bonds is 5. The number of hydrogen-bond acceptors (Lipinski definition) is 5. The fraction of sp³-hybridized carbons (Fsp3) is 0.615. The minimum atomic E-state index is -3.42. The van der Waals surface area contributed by atoms with E-state index >= 15 is 0 Å². The van der Waals surface area contributed by atoms with Gasteiger partial charge in [0.25, 0.3) is 0 Å². The van der Waals surface area contributed by atoms with Gasteiger partial charge in [-0.15, -0.1) is 0 Å². The van der Waals surface area contributed by atoms with E-state index in [1.807, 2.05) is 0 Å². The van der Waals surface area contributed by atoms with Crippen LogP contribution in [-0.4, -0.2) is 49.6 Å². The second-order valence-corrected chi connectivity index (χ2v) is 7.53. The molecule has 2 atom stereocenters. The highest BCUT2D eigenvalue weighted by molar-refractivity contribution is 7.89. The van der Waals surface area contributed by atoms with Gasteiger partial charge in [0.1, 0.15) is 10.7 Å². The molecule has 0 radical (unpaired) electrons. The highest BCUT2D eigenvalue weighted by Crippen LogP contribution is 2.25. The van der Waals surface area contributed by atoms with Crippen LogP contribution in [0.5, 0.6) is 0 Å². The smallest absolute Gasteiger partial charge is 0.244 e. The van der Waals surface area contributed by atoms with Crippen molar-refractivity contribution in [2.75, 3.05) is 26.0 Å². The number of aliphatic hydroxyl groups excluding tert-OH is 1. The zero-order valence-electron chi connectivity index (χ0n) is 11.8. The molecule has 1 aliphatic carbocycles. The van der Waals surface area contributed by atoms with Crippen molar-refractivity contribution in [2.24, 2.45) is 5.92 Å². The van der Waals surface area contributed by atoms with E-state index in [0.29, 0.717) is 11.7 Å². The zero-order chi connectivity index (χ0) is 14.8. The Kier molecular flexibility index (Phi) is 4.62. The van der Waals surface area contributed by atoms with Gasteiger partial charge in [-0.3, -0.25) is 0 Å². The second kappa shape index (κ2) is 6.07. The third kappa shape index (κ3) is 3.47. The summed E-state index contributed by atoms with van der Waals surface area (Å²) >= 11 is 0. The number of aliphatic hydroxyl groups is 1. The Bertz CT molecular complexity index is 542. The molecule has 1 saturated carbocycles. The number of sulfonamides is 1. The average molecular weight is 299 g/mol. The van der Waals surface area contributed by atoms with Gasteiger partial charge >= 0.3 is 0 Å². The lowest BCUT2D eigenvalue weighted by atomic mass is 10.1. The minimum Gasteiger partial charge on any atom is -0.393 e. The minimum absolute atomic E-state index is 0.178. The van der Waals surface area contributed by atoms with Crippen molar-refractivity contribution in [1.82, 2.24) is 9.29 Å². The Morgan fingerprint density at radius 3 is 2.65 bits per heavy atom. The number of pyridine rings is 1. The van der Waals surface area contributed by atoms with E-state index in [2.05, 4.69) is 10.3 Å². The van der Waals surface area contributed by atoms with Gasteiger partial charge in [0.05, 0.1) is 6.10 Å². The van der Waals surface area contributed by atoms with Crippen LogP contribution in [0.3, 0.4) is 0 Å². The van der Waals surface area contributed by atoms with Gasteiger partial charge in [-0.05, 0) is 37.3 Å². The van der Waals surface area contributed by atoms with Gasteiger partial charge < -0.3 is 10.4 Å². The maximum Gasteiger partial charge on any atom is 0.244 e. The Hall–Kier alpha value is -1.18. The Morgan fingerprint density at radius 2 is 2.15 bits per heavy atom. The van der Waals surface area contributed by atoms with Crippen LogP contribution in [0.1, 0.15) is 19.3 Å². The summed E-state index contributed by atoms with van der Waals surface area (Å²) in [6, 6.07) is 3.22. The lowest BCUT2D eigenvalue weighted by molar-refractivity contribution is 0.178. The van der Waals surface area contributed by atoms with E-state index in [0.717, 1.165) is 30.1 Å². The summed E-state index contributed by atoms with van der Waals surface area (Å²) in [5, 5.41) is 12.6. The molecule has 7 heteroatoms. The molecule has 1 aliphatic rings. The molecule has 1 heterocycles. The summed E-state index contributed by atoms with van der Waals surface area (Å²) < 4.78 is 24.9. The normalized spacial score (nSPS) is 23.2. The second-order valence-electron chi connectivity index (χ2n) is 5.38. The van der Waals surface area contributed by atoms with Crippen molar-refractivity contribution in [3.63, 3.8) is 0 Å². The molecule has 1 fully saturated rings. The van der Waals surface area contributed by atoms with Crippen molar-refractivity contribution in [3.05, 3.63) is 18.3 Å². The van der Waals surface area contributed by atoms with Crippen LogP contribution in [0.15, 0.2) is 23.2 Å². The summed E-state index contributed by atoms with van der Waals surface area (Å²) in [5.74, 6) is 1.11. The summed E-state index contributed by atoms with van der Waals surface area (Å²) in [6.07, 6.45) is 3.88. The molecular weight excluding hydrogens is 278 g/mol. The first-order valence-electron chi connectivity index (χ1n) is 6.70. The van der Waals surface area contributed by atoms with Crippen LogP contribution in [0, 0.1) is 5.92 Å². The predicted octanol–water partition coefficient (Wildman–Crippen LogP) is 0.905. The number of nitrogens with one attached hydrogen (secondary N) is 1. The van der Waals surface area contributed by atoms with E-state index in [1.165, 1.54) is 20.3 Å². The molecule has 20 heavy (non-hydrogen) atoms. The molecule has 2 N–H and O–H groups in total. The maximum absolute atomic E-state index is 11.9. The molecule has 2 unspecified atom stereocenters. The molecule has 0 spiro atoms. The van der Waals surface area contributed by atoms with Gasteiger partial charge in [-0.2, -0.15) is 0 Å². The van der Waals surface area contributed by atoms with Crippen molar-refractivity contribution < 1.29 is 13.5 Å². The monoisotopic (exact) mass is 299 g/mol. The molecule has 0 aliphatic heterocycles. The number of hydrogen-bond donors (Lipinski definition) is 2. The SMILES string of the molecule is CN(C)S(=O)(=O)c1ccc(NCC2CCC(O)C2)nc1. The van der Waals surface area contributed by atoms with E-state index in [4.69, 9.17) is 0 Å². The summed E-state index contributed by atoms with van der Waals surface area (Å²) in [7, 11) is -0.436. The number of anilines is 1. The molecule has 0 aromatic carbocycles. The van der Waals surface area contributed by atoms with Gasteiger partial charge in [0.2, 0.25) is 10.0 Å². The van der Waals surface area contributed by atoms with Gasteiger partial charge in [-0.1, -0.05) is 0 Å². The van der Waals surface area contributed by atoms with Gasteiger partial charge in [-0.25, -0.2) is 17.7 Å². The number of nitrogens with zero attached hydrogens (tertiary/aromatic N) is 2. The Labute approximate surface area is 119 Å². The van der Waals surface area contributed by atoms with Crippen molar-refractivity contribution in [1.29, 1.82) is 0 Å². The first kappa shape index (κ1) is 15.2. The lowest BCUT2D eigenvalue weighted by Gasteiger charge is -2.13. The third-order valence-corrected chi connectivity index (χ3v) is 5.40. The van der Waals surface area contributed by atoms with Crippen molar-refractivity contribution >= 4 is 15.8 Å². The fourth-order valence-electron chi connectivity index (χ4n) is 2.33. The highest BCUT2D eigenvalue weighted by Gasteiger charge is 2.22. The first-order chi connectivity index (χ1) is 9.39. The molecule has 1 aromatic rings. The lowest BCUT2D eigenvalue weighted by Crippen LogP contribution is -2.22. The molecule has 0 bridgehead atoms. The highest BCUT2D eigenvalue weighted by atomic mass is 32.2. The van der Waals surface area contributed by atoms with E-state index in [9.17, 15) is 13.5 Å². The van der Waals surface area contributed by atoms with Crippen LogP contribution in [0.25, 0.3) is 0 Å². The molecule has 2 rings (SSSR count). The van der Waals surface area contributed by atoms with Crippen LogP contribution < -0.4 is 5.32 Å². The molecule has 1 aromatic heterocycles. The van der Waals surface area contributed by atoms with E-state index in [1.54, 1.807) is 12.1 Å². The van der Waals surface area contributed by atoms with Crippen LogP contribution in [0.4, 0.5) is 5.82 Å². The summed E-state index contributed by atoms with van der Waals surface area (Å²) in [4.78, 5) is 4.31. The molecule has 0 saturated heterocycles. The van der Waals surface area contributed by atoms with E-state index < -0.39 is 10.0 Å². The Morgan fingerprint density at radius 1 is 1.40 bits per heavy atom. The van der Waals surface area contributed by atoms with Gasteiger partial charge in [0.15, 0.2) is 0 Å². The third-order valence-electron chi connectivity index (χ3n) is 3.60. The van der Waals surface area contributed by atoms with Crippen molar-refractivity contribution in [3.8, 4) is 0 Å².